The van der Waals surface area contributed by atoms with E-state index in [0.717, 1.165) is 11.6 Å². The fourth-order valence-electron chi connectivity index (χ4n) is 5.20. The van der Waals surface area contributed by atoms with Crippen LogP contribution in [0, 0.1) is 29.0 Å². The predicted molar refractivity (Wildman–Crippen MR) is 182 cm³/mol. The maximum absolute atomic E-state index is 13.6. The molecular weight excluding hydrogens is 630 g/mol. The van der Waals surface area contributed by atoms with E-state index in [2.05, 4.69) is 21.3 Å². The van der Waals surface area contributed by atoms with Crippen LogP contribution in [0.3, 0.4) is 0 Å². The summed E-state index contributed by atoms with van der Waals surface area (Å²) in [5.41, 5.74) is 6.15. The molecule has 2 aromatic rings. The van der Waals surface area contributed by atoms with Gasteiger partial charge >= 0.3 is 0 Å². The van der Waals surface area contributed by atoms with E-state index < -0.39 is 53.7 Å². The van der Waals surface area contributed by atoms with Crippen molar-refractivity contribution in [2.75, 3.05) is 6.54 Å². The van der Waals surface area contributed by atoms with Crippen LogP contribution in [0.4, 0.5) is 4.39 Å². The van der Waals surface area contributed by atoms with Crippen LogP contribution in [-0.4, -0.2) is 65.4 Å². The molecule has 5 amide bonds. The topological polar surface area (TPSA) is 204 Å². The molecule has 0 bridgehead atoms. The van der Waals surface area contributed by atoms with Crippen LogP contribution in [0.1, 0.15) is 87.7 Å². The molecule has 0 aliphatic heterocycles. The average Bonchev–Trinajstić information content (AvgIpc) is 3.03. The van der Waals surface area contributed by atoms with Gasteiger partial charge in [-0.3, -0.25) is 24.0 Å². The number of rotatable bonds is 20. The Labute approximate surface area is 287 Å². The summed E-state index contributed by atoms with van der Waals surface area (Å²) in [5.74, 6) is -3.21. The Morgan fingerprint density at radius 3 is 2.14 bits per heavy atom. The Morgan fingerprint density at radius 2 is 1.53 bits per heavy atom. The number of amides is 5. The number of nitrogens with zero attached hydrogens (tertiary/aromatic N) is 1. The van der Waals surface area contributed by atoms with Gasteiger partial charge in [0.05, 0.1) is 24.1 Å². The number of benzene rings is 2. The second kappa shape index (κ2) is 20.5. The Kier molecular flexibility index (Phi) is 16.9. The van der Waals surface area contributed by atoms with Crippen molar-refractivity contribution in [3.8, 4) is 6.07 Å². The number of halogens is 1. The van der Waals surface area contributed by atoms with Crippen molar-refractivity contribution < 1.29 is 33.5 Å². The first-order chi connectivity index (χ1) is 23.2. The molecule has 0 fully saturated rings. The van der Waals surface area contributed by atoms with Crippen molar-refractivity contribution in [2.24, 2.45) is 17.6 Å². The molecule has 0 aliphatic carbocycles. The van der Waals surface area contributed by atoms with Crippen molar-refractivity contribution in [2.45, 2.75) is 96.9 Å². The Hall–Kier alpha value is -4.83. The summed E-state index contributed by atoms with van der Waals surface area (Å²) in [4.78, 5) is 63.5. The number of carbonyl (C=O) groups excluding carboxylic acids is 5. The SMILES string of the molecule is CC(C)C[C@H](NC(=O)C[C@H](O)[C@H](CC(C)C)NC(=O)[C@H](Cc1ccccc1)NC(=O)CCCCNC(=O)c1ccc([18F])c(C#N)c1)C(N)=O. The van der Waals surface area contributed by atoms with Gasteiger partial charge in [0.25, 0.3) is 5.91 Å². The van der Waals surface area contributed by atoms with E-state index in [0.29, 0.717) is 25.7 Å². The van der Waals surface area contributed by atoms with Gasteiger partial charge in [-0.2, -0.15) is 5.26 Å². The smallest absolute Gasteiger partial charge is 0.251 e. The number of aliphatic hydroxyl groups is 1. The lowest BCUT2D eigenvalue weighted by Crippen LogP contribution is -2.54. The average molecular weight is 680 g/mol. The van der Waals surface area contributed by atoms with Crippen LogP contribution < -0.4 is 27.0 Å². The van der Waals surface area contributed by atoms with Gasteiger partial charge in [-0.05, 0) is 61.3 Å². The molecule has 0 radical (unpaired) electrons. The van der Waals surface area contributed by atoms with E-state index in [-0.39, 0.29) is 54.7 Å². The Balaban J connectivity index is 2.02. The molecule has 13 heteroatoms. The lowest BCUT2D eigenvalue weighted by molar-refractivity contribution is -0.131. The monoisotopic (exact) mass is 679 g/mol. The zero-order valence-corrected chi connectivity index (χ0v) is 28.6. The minimum atomic E-state index is -1.27. The number of unbranched alkanes of at least 4 members (excludes halogenated alkanes) is 1. The number of carbonyl (C=O) groups is 5. The molecule has 7 N–H and O–H groups in total. The van der Waals surface area contributed by atoms with Gasteiger partial charge in [-0.1, -0.05) is 58.0 Å². The van der Waals surface area contributed by atoms with Crippen LogP contribution in [0.15, 0.2) is 48.5 Å². The minimum absolute atomic E-state index is 0.0430. The Morgan fingerprint density at radius 1 is 0.878 bits per heavy atom. The highest BCUT2D eigenvalue weighted by molar-refractivity contribution is 5.94. The van der Waals surface area contributed by atoms with Crippen LogP contribution in [0.5, 0.6) is 0 Å². The number of aliphatic hydroxyl groups excluding tert-OH is 1. The molecule has 0 unspecified atom stereocenters. The second-order valence-electron chi connectivity index (χ2n) is 13.0. The van der Waals surface area contributed by atoms with Crippen LogP contribution in [-0.2, 0) is 25.6 Å². The third-order valence-corrected chi connectivity index (χ3v) is 7.70. The molecule has 12 nitrogen and oxygen atoms in total. The molecule has 0 saturated heterocycles. The van der Waals surface area contributed by atoms with Gasteiger partial charge in [-0.25, -0.2) is 4.39 Å². The van der Waals surface area contributed by atoms with Crippen molar-refractivity contribution in [1.29, 1.82) is 5.26 Å². The normalized spacial score (nSPS) is 13.4. The third-order valence-electron chi connectivity index (χ3n) is 7.70. The summed E-state index contributed by atoms with van der Waals surface area (Å²) in [5, 5.41) is 30.9. The first-order valence-electron chi connectivity index (χ1n) is 16.6. The summed E-state index contributed by atoms with van der Waals surface area (Å²) in [6.45, 7) is 7.83. The molecule has 266 valence electrons. The quantitative estimate of drug-likeness (QED) is 0.115. The van der Waals surface area contributed by atoms with Crippen molar-refractivity contribution >= 4 is 29.5 Å². The van der Waals surface area contributed by atoms with Crippen LogP contribution in [0.2, 0.25) is 0 Å². The predicted octanol–water partition coefficient (Wildman–Crippen LogP) is 2.62. The van der Waals surface area contributed by atoms with Gasteiger partial charge < -0.3 is 32.1 Å². The summed E-state index contributed by atoms with van der Waals surface area (Å²) >= 11 is 0. The molecule has 4 atom stereocenters. The maximum atomic E-state index is 13.6. The van der Waals surface area contributed by atoms with Crippen molar-refractivity contribution in [3.63, 3.8) is 0 Å². The van der Waals surface area contributed by atoms with E-state index in [9.17, 15) is 33.5 Å². The van der Waals surface area contributed by atoms with E-state index in [1.165, 1.54) is 12.1 Å². The van der Waals surface area contributed by atoms with E-state index in [1.807, 2.05) is 58.0 Å². The summed E-state index contributed by atoms with van der Waals surface area (Å²) in [7, 11) is 0. The van der Waals surface area contributed by atoms with Gasteiger partial charge in [0.2, 0.25) is 23.6 Å². The van der Waals surface area contributed by atoms with E-state index in [4.69, 9.17) is 11.0 Å². The first kappa shape index (κ1) is 40.3. The number of nitriles is 1. The van der Waals surface area contributed by atoms with Crippen molar-refractivity contribution in [3.05, 3.63) is 71.0 Å². The number of hydrogen-bond acceptors (Lipinski definition) is 7. The highest BCUT2D eigenvalue weighted by Crippen LogP contribution is 2.14. The Bertz CT molecular complexity index is 1460. The molecule has 0 saturated carbocycles. The molecule has 2 aromatic carbocycles. The molecular formula is C36H49FN6O6. The number of nitrogens with two attached hydrogens (primary N) is 1. The highest BCUT2D eigenvalue weighted by Gasteiger charge is 2.30. The molecule has 0 aromatic heterocycles. The number of hydrogen-bond donors (Lipinski definition) is 6. The van der Waals surface area contributed by atoms with Gasteiger partial charge in [0.1, 0.15) is 24.0 Å². The van der Waals surface area contributed by atoms with Crippen LogP contribution in [0.25, 0.3) is 0 Å². The fourth-order valence-corrected chi connectivity index (χ4v) is 5.20. The highest BCUT2D eigenvalue weighted by atomic mass is 18.2. The standard InChI is InChI=1S/C36H49FN6O6/c1-22(2)16-28(31(44)20-33(46)41-29(34(39)47)17-23(3)4)43-36(49)30(18-24-10-6-5-7-11-24)42-32(45)12-8-9-15-40-35(48)25-13-14-27(37)26(19-25)21-38/h5-7,10-11,13-14,19,22-23,28-31,44H,8-9,12,15-18,20H2,1-4H3,(H2,39,47)(H,40,48)(H,41,46)(H,42,45)(H,43,49)/t28-,29-,30-,31-/m0/s1/i37-1. The second-order valence-corrected chi connectivity index (χ2v) is 13.0. The number of primary amides is 1. The summed E-state index contributed by atoms with van der Waals surface area (Å²) in [6.07, 6.45) is 0.134. The maximum Gasteiger partial charge on any atom is 0.251 e. The van der Waals surface area contributed by atoms with Gasteiger partial charge in [0.15, 0.2) is 0 Å². The molecule has 2 rings (SSSR count). The molecule has 49 heavy (non-hydrogen) atoms. The first-order valence-corrected chi connectivity index (χ1v) is 16.6. The minimum Gasteiger partial charge on any atom is -0.390 e. The van der Waals surface area contributed by atoms with E-state index >= 15 is 0 Å². The van der Waals surface area contributed by atoms with Gasteiger partial charge in [0, 0.05) is 24.9 Å². The molecule has 0 aliphatic rings. The summed E-state index contributed by atoms with van der Waals surface area (Å²) < 4.78 is 13.6. The fraction of sp³-hybridized carbons (Fsp3) is 0.500. The zero-order valence-electron chi connectivity index (χ0n) is 28.6. The third kappa shape index (κ3) is 14.9. The van der Waals surface area contributed by atoms with Crippen LogP contribution >= 0.6 is 0 Å². The molecule has 0 heterocycles. The van der Waals surface area contributed by atoms with Crippen molar-refractivity contribution in [1.82, 2.24) is 21.3 Å². The lowest BCUT2D eigenvalue weighted by atomic mass is 9.95. The zero-order chi connectivity index (χ0) is 36.5. The lowest BCUT2D eigenvalue weighted by Gasteiger charge is -2.28. The summed E-state index contributed by atoms with van der Waals surface area (Å²) in [6, 6.07) is 11.6. The largest absolute Gasteiger partial charge is 0.390 e. The number of nitrogens with one attached hydrogen (secondary N) is 4. The van der Waals surface area contributed by atoms with E-state index in [1.54, 1.807) is 6.07 Å². The van der Waals surface area contributed by atoms with Gasteiger partial charge in [-0.15, -0.1) is 0 Å². The molecule has 0 spiro atoms.